The standard InChI is InChI=1S/C20H42N6.HI/c1-4-24-14-16-26(17-15-24)19(2)18-23-20(21-3)22-10-9-13-25-11-7-5-6-8-12-25;/h19H,4-18H2,1-3H3,(H2,21,22,23);1H. The molecule has 1 atom stereocenters. The van der Waals surface area contributed by atoms with E-state index in [9.17, 15) is 0 Å². The van der Waals surface area contributed by atoms with Gasteiger partial charge in [0.2, 0.25) is 0 Å². The molecule has 0 bridgehead atoms. The third-order valence-corrected chi connectivity index (χ3v) is 5.91. The third-order valence-electron chi connectivity index (χ3n) is 5.91. The molecule has 1 unspecified atom stereocenters. The van der Waals surface area contributed by atoms with Gasteiger partial charge in [0.1, 0.15) is 0 Å². The van der Waals surface area contributed by atoms with Gasteiger partial charge in [0, 0.05) is 52.4 Å². The van der Waals surface area contributed by atoms with Crippen LogP contribution in [0, 0.1) is 0 Å². The quantitative estimate of drug-likeness (QED) is 0.234. The summed E-state index contributed by atoms with van der Waals surface area (Å²) in [7, 11) is 1.87. The zero-order valence-corrected chi connectivity index (χ0v) is 20.2. The second-order valence-electron chi connectivity index (χ2n) is 7.81. The average molecular weight is 495 g/mol. The van der Waals surface area contributed by atoms with E-state index in [0.29, 0.717) is 6.04 Å². The van der Waals surface area contributed by atoms with Gasteiger partial charge in [-0.2, -0.15) is 0 Å². The summed E-state index contributed by atoms with van der Waals surface area (Å²) in [4.78, 5) is 12.1. The minimum atomic E-state index is 0. The molecule has 2 aliphatic rings. The van der Waals surface area contributed by atoms with E-state index in [0.717, 1.165) is 19.0 Å². The number of piperazine rings is 1. The molecule has 2 rings (SSSR count). The smallest absolute Gasteiger partial charge is 0.191 e. The van der Waals surface area contributed by atoms with E-state index in [-0.39, 0.29) is 24.0 Å². The number of likely N-dealkylation sites (N-methyl/N-ethyl adjacent to an activating group) is 1. The maximum Gasteiger partial charge on any atom is 0.191 e. The Bertz CT molecular complexity index is 390. The van der Waals surface area contributed by atoms with Gasteiger partial charge < -0.3 is 20.4 Å². The van der Waals surface area contributed by atoms with Crippen LogP contribution in [-0.2, 0) is 0 Å². The molecule has 2 aliphatic heterocycles. The molecule has 0 saturated carbocycles. The van der Waals surface area contributed by atoms with Crippen LogP contribution >= 0.6 is 24.0 Å². The summed E-state index contributed by atoms with van der Waals surface area (Å²) in [5, 5.41) is 6.99. The second kappa shape index (κ2) is 14.8. The van der Waals surface area contributed by atoms with Gasteiger partial charge in [-0.15, -0.1) is 24.0 Å². The summed E-state index contributed by atoms with van der Waals surface area (Å²) in [6.07, 6.45) is 6.77. The van der Waals surface area contributed by atoms with Crippen molar-refractivity contribution in [3.8, 4) is 0 Å². The molecule has 0 radical (unpaired) electrons. The van der Waals surface area contributed by atoms with Crippen LogP contribution in [0.3, 0.4) is 0 Å². The molecular formula is C20H43IN6. The predicted octanol–water partition coefficient (Wildman–Crippen LogP) is 2.06. The van der Waals surface area contributed by atoms with Crippen LogP contribution in [0.2, 0.25) is 0 Å². The first-order valence-corrected chi connectivity index (χ1v) is 10.9. The number of hydrogen-bond donors (Lipinski definition) is 2. The van der Waals surface area contributed by atoms with Crippen molar-refractivity contribution in [2.75, 3.05) is 72.5 Å². The molecule has 2 fully saturated rings. The van der Waals surface area contributed by atoms with E-state index in [4.69, 9.17) is 0 Å². The van der Waals surface area contributed by atoms with Crippen LogP contribution in [0.1, 0.15) is 46.0 Å². The Morgan fingerprint density at radius 2 is 1.59 bits per heavy atom. The number of halogens is 1. The van der Waals surface area contributed by atoms with Crippen LogP contribution in [-0.4, -0.2) is 99.2 Å². The summed E-state index contributed by atoms with van der Waals surface area (Å²) < 4.78 is 0. The van der Waals surface area contributed by atoms with Gasteiger partial charge >= 0.3 is 0 Å². The van der Waals surface area contributed by atoms with E-state index in [2.05, 4.69) is 44.2 Å². The number of guanidine groups is 1. The average Bonchev–Trinajstić information content (AvgIpc) is 2.96. The fourth-order valence-corrected chi connectivity index (χ4v) is 3.98. The van der Waals surface area contributed by atoms with E-state index >= 15 is 0 Å². The molecule has 2 heterocycles. The Hall–Kier alpha value is -0.120. The maximum absolute atomic E-state index is 4.38. The molecule has 0 amide bonds. The molecule has 0 aliphatic carbocycles. The number of aliphatic imine (C=N–C) groups is 1. The molecule has 0 spiro atoms. The molecule has 0 aromatic rings. The molecule has 0 aromatic carbocycles. The van der Waals surface area contributed by atoms with Crippen LogP contribution in [0.4, 0.5) is 0 Å². The Kier molecular flexibility index (Phi) is 13.7. The van der Waals surface area contributed by atoms with Gasteiger partial charge in [-0.25, -0.2) is 0 Å². The van der Waals surface area contributed by atoms with Crippen molar-refractivity contribution in [1.29, 1.82) is 0 Å². The van der Waals surface area contributed by atoms with E-state index in [1.807, 2.05) is 7.05 Å². The third kappa shape index (κ3) is 9.76. The van der Waals surface area contributed by atoms with Gasteiger partial charge in [-0.3, -0.25) is 9.89 Å². The summed E-state index contributed by atoms with van der Waals surface area (Å²) in [6.45, 7) is 16.2. The second-order valence-corrected chi connectivity index (χ2v) is 7.81. The first-order chi connectivity index (χ1) is 12.7. The lowest BCUT2D eigenvalue weighted by Gasteiger charge is -2.37. The Morgan fingerprint density at radius 1 is 0.926 bits per heavy atom. The van der Waals surface area contributed by atoms with Gasteiger partial charge in [0.25, 0.3) is 0 Å². The summed E-state index contributed by atoms with van der Waals surface area (Å²) >= 11 is 0. The SMILES string of the molecule is CCN1CCN(C(C)CNC(=NC)NCCCN2CCCCCC2)CC1.I. The highest BCUT2D eigenvalue weighted by atomic mass is 127. The number of nitrogens with zero attached hydrogens (tertiary/aromatic N) is 4. The molecule has 6 nitrogen and oxygen atoms in total. The van der Waals surface area contributed by atoms with Crippen LogP contribution in [0.5, 0.6) is 0 Å². The van der Waals surface area contributed by atoms with Crippen LogP contribution < -0.4 is 10.6 Å². The topological polar surface area (TPSA) is 46.1 Å². The van der Waals surface area contributed by atoms with Crippen LogP contribution in [0.15, 0.2) is 4.99 Å². The fraction of sp³-hybridized carbons (Fsp3) is 0.950. The van der Waals surface area contributed by atoms with Gasteiger partial charge in [-0.1, -0.05) is 19.8 Å². The van der Waals surface area contributed by atoms with Crippen molar-refractivity contribution in [1.82, 2.24) is 25.3 Å². The van der Waals surface area contributed by atoms with Crippen molar-refractivity contribution in [2.45, 2.75) is 52.0 Å². The highest BCUT2D eigenvalue weighted by molar-refractivity contribution is 14.0. The lowest BCUT2D eigenvalue weighted by Crippen LogP contribution is -2.53. The highest BCUT2D eigenvalue weighted by Crippen LogP contribution is 2.09. The maximum atomic E-state index is 4.38. The molecule has 2 saturated heterocycles. The summed E-state index contributed by atoms with van der Waals surface area (Å²) in [6, 6.07) is 0.546. The van der Waals surface area contributed by atoms with Crippen molar-refractivity contribution in [2.24, 2.45) is 4.99 Å². The Balaban J connectivity index is 0.00000364. The zero-order chi connectivity index (χ0) is 18.6. The fourth-order valence-electron chi connectivity index (χ4n) is 3.98. The normalized spacial score (nSPS) is 22.0. The first kappa shape index (κ1) is 24.9. The number of rotatable bonds is 8. The van der Waals surface area contributed by atoms with E-state index in [1.165, 1.54) is 84.5 Å². The summed E-state index contributed by atoms with van der Waals surface area (Å²) in [5.41, 5.74) is 0. The number of hydrogen-bond acceptors (Lipinski definition) is 4. The molecule has 27 heavy (non-hydrogen) atoms. The summed E-state index contributed by atoms with van der Waals surface area (Å²) in [5.74, 6) is 0.944. The zero-order valence-electron chi connectivity index (χ0n) is 17.9. The van der Waals surface area contributed by atoms with E-state index < -0.39 is 0 Å². The van der Waals surface area contributed by atoms with Crippen molar-refractivity contribution >= 4 is 29.9 Å². The molecule has 2 N–H and O–H groups in total. The first-order valence-electron chi connectivity index (χ1n) is 10.9. The van der Waals surface area contributed by atoms with Gasteiger partial charge in [-0.05, 0) is 52.4 Å². The molecule has 0 aromatic heterocycles. The number of nitrogens with one attached hydrogen (secondary N) is 2. The largest absolute Gasteiger partial charge is 0.356 e. The Morgan fingerprint density at radius 3 is 2.19 bits per heavy atom. The minimum absolute atomic E-state index is 0. The molecular weight excluding hydrogens is 451 g/mol. The monoisotopic (exact) mass is 494 g/mol. The molecule has 160 valence electrons. The van der Waals surface area contributed by atoms with Crippen molar-refractivity contribution in [3.05, 3.63) is 0 Å². The van der Waals surface area contributed by atoms with Gasteiger partial charge in [0.05, 0.1) is 0 Å². The van der Waals surface area contributed by atoms with E-state index in [1.54, 1.807) is 0 Å². The van der Waals surface area contributed by atoms with Crippen molar-refractivity contribution < 1.29 is 0 Å². The predicted molar refractivity (Wildman–Crippen MR) is 127 cm³/mol. The van der Waals surface area contributed by atoms with Crippen molar-refractivity contribution in [3.63, 3.8) is 0 Å². The van der Waals surface area contributed by atoms with Gasteiger partial charge in [0.15, 0.2) is 5.96 Å². The minimum Gasteiger partial charge on any atom is -0.356 e. The lowest BCUT2D eigenvalue weighted by molar-refractivity contribution is 0.107. The highest BCUT2D eigenvalue weighted by Gasteiger charge is 2.20. The number of likely N-dealkylation sites (tertiary alicyclic amines) is 1. The van der Waals surface area contributed by atoms with Crippen LogP contribution in [0.25, 0.3) is 0 Å². The molecule has 7 heteroatoms. The lowest BCUT2D eigenvalue weighted by atomic mass is 10.2. The Labute approximate surface area is 184 Å².